The second-order valence-electron chi connectivity index (χ2n) is 9.95. The molecule has 0 aliphatic rings. The molecule has 1 atom stereocenters. The fourth-order valence-corrected chi connectivity index (χ4v) is 6.48. The smallest absolute Gasteiger partial charge is 0.264 e. The Morgan fingerprint density at radius 3 is 2.05 bits per heavy atom. The summed E-state index contributed by atoms with van der Waals surface area (Å²) < 4.78 is 30.0. The number of carbonyl (C=O) groups excluding carboxylic acids is 2. The molecule has 0 aliphatic heterocycles. The van der Waals surface area contributed by atoms with Crippen LogP contribution in [-0.2, 0) is 32.6 Å². The lowest BCUT2D eigenvalue weighted by molar-refractivity contribution is -0.140. The first kappa shape index (κ1) is 32.5. The van der Waals surface area contributed by atoms with E-state index < -0.39 is 28.5 Å². The molecular formula is C33H33ClIN3O4S. The minimum absolute atomic E-state index is 0.0622. The van der Waals surface area contributed by atoms with Crippen molar-refractivity contribution in [2.24, 2.45) is 0 Å². The first-order valence-corrected chi connectivity index (χ1v) is 16.8. The van der Waals surface area contributed by atoms with Gasteiger partial charge in [0.15, 0.2) is 0 Å². The second-order valence-corrected chi connectivity index (χ2v) is 13.5. The van der Waals surface area contributed by atoms with E-state index in [0.29, 0.717) is 17.3 Å². The summed E-state index contributed by atoms with van der Waals surface area (Å²) in [4.78, 5) is 29.6. The van der Waals surface area contributed by atoms with E-state index in [1.165, 1.54) is 17.0 Å². The number of amides is 2. The van der Waals surface area contributed by atoms with Crippen molar-refractivity contribution in [1.29, 1.82) is 0 Å². The molecule has 2 amide bonds. The van der Waals surface area contributed by atoms with Gasteiger partial charge in [-0.15, -0.1) is 0 Å². The number of nitrogens with one attached hydrogen (secondary N) is 1. The molecule has 0 unspecified atom stereocenters. The largest absolute Gasteiger partial charge is 0.354 e. The molecule has 0 bridgehead atoms. The van der Waals surface area contributed by atoms with Crippen molar-refractivity contribution in [2.45, 2.75) is 37.2 Å². The van der Waals surface area contributed by atoms with Crippen LogP contribution in [0.25, 0.3) is 0 Å². The molecule has 10 heteroatoms. The highest BCUT2D eigenvalue weighted by Gasteiger charge is 2.34. The minimum Gasteiger partial charge on any atom is -0.354 e. The number of hydrogen-bond donors (Lipinski definition) is 1. The van der Waals surface area contributed by atoms with Gasteiger partial charge in [-0.1, -0.05) is 79.2 Å². The lowest BCUT2D eigenvalue weighted by atomic mass is 10.0. The molecule has 0 aromatic heterocycles. The third kappa shape index (κ3) is 8.81. The van der Waals surface area contributed by atoms with Crippen molar-refractivity contribution < 1.29 is 18.0 Å². The average Bonchev–Trinajstić information content (AvgIpc) is 3.02. The van der Waals surface area contributed by atoms with E-state index in [-0.39, 0.29) is 23.8 Å². The number of hydrogen-bond acceptors (Lipinski definition) is 4. The van der Waals surface area contributed by atoms with Gasteiger partial charge in [0.1, 0.15) is 12.6 Å². The maximum Gasteiger partial charge on any atom is 0.264 e. The van der Waals surface area contributed by atoms with E-state index in [0.717, 1.165) is 25.4 Å². The van der Waals surface area contributed by atoms with Crippen LogP contribution in [0.5, 0.6) is 0 Å². The van der Waals surface area contributed by atoms with Gasteiger partial charge in [0.05, 0.1) is 10.6 Å². The zero-order valence-corrected chi connectivity index (χ0v) is 27.4. The Balaban J connectivity index is 1.78. The lowest BCUT2D eigenvalue weighted by Crippen LogP contribution is -2.53. The number of benzene rings is 4. The Bertz CT molecular complexity index is 1600. The lowest BCUT2D eigenvalue weighted by Gasteiger charge is -2.34. The van der Waals surface area contributed by atoms with Crippen LogP contribution in [-0.4, -0.2) is 44.3 Å². The third-order valence-corrected chi connectivity index (χ3v) is 9.57. The van der Waals surface area contributed by atoms with Gasteiger partial charge < -0.3 is 10.2 Å². The Labute approximate surface area is 272 Å². The topological polar surface area (TPSA) is 86.8 Å². The van der Waals surface area contributed by atoms with Crippen molar-refractivity contribution in [1.82, 2.24) is 10.2 Å². The fourth-order valence-electron chi connectivity index (χ4n) is 4.56. The number of nitrogens with zero attached hydrogens (tertiary/aromatic N) is 2. The number of anilines is 1. The summed E-state index contributed by atoms with van der Waals surface area (Å²) in [6, 6.07) is 30.5. The van der Waals surface area contributed by atoms with Crippen LogP contribution in [0.2, 0.25) is 5.02 Å². The number of rotatable bonds is 13. The summed E-state index contributed by atoms with van der Waals surface area (Å²) in [5, 5.41) is 3.49. The van der Waals surface area contributed by atoms with Crippen molar-refractivity contribution in [2.75, 3.05) is 17.4 Å². The van der Waals surface area contributed by atoms with Crippen LogP contribution in [0.3, 0.4) is 0 Å². The van der Waals surface area contributed by atoms with E-state index in [4.69, 9.17) is 11.6 Å². The maximum atomic E-state index is 14.4. The second kappa shape index (κ2) is 15.4. The molecule has 4 aromatic rings. The molecule has 1 N–H and O–H groups in total. The van der Waals surface area contributed by atoms with Gasteiger partial charge in [-0.2, -0.15) is 0 Å². The number of carbonyl (C=O) groups is 2. The molecule has 0 spiro atoms. The Morgan fingerprint density at radius 2 is 1.44 bits per heavy atom. The average molecular weight is 730 g/mol. The van der Waals surface area contributed by atoms with Crippen LogP contribution < -0.4 is 9.62 Å². The Morgan fingerprint density at radius 1 is 0.837 bits per heavy atom. The summed E-state index contributed by atoms with van der Waals surface area (Å²) in [5.74, 6) is -0.819. The highest BCUT2D eigenvalue weighted by atomic mass is 127. The molecule has 4 aromatic carbocycles. The third-order valence-electron chi connectivity index (χ3n) is 6.81. The van der Waals surface area contributed by atoms with Gasteiger partial charge in [-0.05, 0) is 88.7 Å². The molecule has 0 saturated carbocycles. The molecule has 0 heterocycles. The number of sulfonamides is 1. The Kier molecular flexibility index (Phi) is 11.6. The molecule has 224 valence electrons. The van der Waals surface area contributed by atoms with Gasteiger partial charge in [-0.25, -0.2) is 8.42 Å². The van der Waals surface area contributed by atoms with Crippen molar-refractivity contribution in [3.63, 3.8) is 0 Å². The molecule has 0 aliphatic carbocycles. The summed E-state index contributed by atoms with van der Waals surface area (Å²) >= 11 is 8.27. The zero-order chi connectivity index (χ0) is 30.8. The standard InChI is InChI=1S/C33H33ClIN3O4S/c1-2-21-36-33(40)31(22-25-9-5-3-6-10-25)37(23-26-13-15-27(34)16-14-26)32(39)24-38(29-19-17-28(35)18-20-29)43(41,42)30-11-7-4-8-12-30/h3-20,31H,2,21-24H2,1H3,(H,36,40)/t31-/m0/s1. The Hall–Kier alpha value is -3.41. The molecule has 0 fully saturated rings. The summed E-state index contributed by atoms with van der Waals surface area (Å²) in [6.45, 7) is 1.98. The highest BCUT2D eigenvalue weighted by Crippen LogP contribution is 2.26. The van der Waals surface area contributed by atoms with Crippen molar-refractivity contribution >= 4 is 61.7 Å². The monoisotopic (exact) mass is 729 g/mol. The van der Waals surface area contributed by atoms with Gasteiger partial charge in [0, 0.05) is 28.1 Å². The molecule has 4 rings (SSSR count). The summed E-state index contributed by atoms with van der Waals surface area (Å²) in [6.07, 6.45) is 0.982. The molecular weight excluding hydrogens is 697 g/mol. The zero-order valence-electron chi connectivity index (χ0n) is 23.7. The first-order valence-electron chi connectivity index (χ1n) is 13.9. The fraction of sp³-hybridized carbons (Fsp3) is 0.212. The van der Waals surface area contributed by atoms with Gasteiger partial charge in [0.2, 0.25) is 11.8 Å². The van der Waals surface area contributed by atoms with Crippen molar-refractivity contribution in [3.05, 3.63) is 129 Å². The van der Waals surface area contributed by atoms with Crippen LogP contribution in [0.4, 0.5) is 5.69 Å². The van der Waals surface area contributed by atoms with Gasteiger partial charge >= 0.3 is 0 Å². The normalized spacial score (nSPS) is 11.9. The van der Waals surface area contributed by atoms with Gasteiger partial charge in [-0.3, -0.25) is 13.9 Å². The number of halogens is 2. The SMILES string of the molecule is CCCNC(=O)[C@H](Cc1ccccc1)N(Cc1ccc(Cl)cc1)C(=O)CN(c1ccc(I)cc1)S(=O)(=O)c1ccccc1. The molecule has 7 nitrogen and oxygen atoms in total. The van der Waals surface area contributed by atoms with Crippen LogP contribution in [0.1, 0.15) is 24.5 Å². The maximum absolute atomic E-state index is 14.4. The van der Waals surface area contributed by atoms with Gasteiger partial charge in [0.25, 0.3) is 10.0 Å². The summed E-state index contributed by atoms with van der Waals surface area (Å²) in [7, 11) is -4.13. The van der Waals surface area contributed by atoms with E-state index in [2.05, 4.69) is 27.9 Å². The molecule has 0 saturated heterocycles. The van der Waals surface area contributed by atoms with E-state index >= 15 is 0 Å². The van der Waals surface area contributed by atoms with E-state index in [1.807, 2.05) is 37.3 Å². The van der Waals surface area contributed by atoms with Crippen LogP contribution in [0.15, 0.2) is 114 Å². The molecule has 43 heavy (non-hydrogen) atoms. The van der Waals surface area contributed by atoms with E-state index in [9.17, 15) is 18.0 Å². The highest BCUT2D eigenvalue weighted by molar-refractivity contribution is 14.1. The van der Waals surface area contributed by atoms with E-state index in [1.54, 1.807) is 66.7 Å². The molecule has 0 radical (unpaired) electrons. The first-order chi connectivity index (χ1) is 20.7. The van der Waals surface area contributed by atoms with Crippen molar-refractivity contribution in [3.8, 4) is 0 Å². The minimum atomic E-state index is -4.13. The quantitative estimate of drug-likeness (QED) is 0.164. The van der Waals surface area contributed by atoms with Crippen LogP contribution in [0, 0.1) is 3.57 Å². The summed E-state index contributed by atoms with van der Waals surface area (Å²) in [5.41, 5.74) is 1.98. The van der Waals surface area contributed by atoms with Crippen LogP contribution >= 0.6 is 34.2 Å². The predicted octanol–water partition coefficient (Wildman–Crippen LogP) is 6.31. The predicted molar refractivity (Wildman–Crippen MR) is 179 cm³/mol.